The first-order chi connectivity index (χ1) is 15.9. The molecule has 166 valence electrons. The lowest BCUT2D eigenvalue weighted by molar-refractivity contribution is 0.102. The number of benzene rings is 3. The van der Waals surface area contributed by atoms with Crippen molar-refractivity contribution in [3.63, 3.8) is 0 Å². The molecule has 0 aliphatic rings. The highest BCUT2D eigenvalue weighted by atomic mass is 35.5. The second-order valence-corrected chi connectivity index (χ2v) is 7.96. The molecule has 6 nitrogen and oxygen atoms in total. The van der Waals surface area contributed by atoms with Crippen LogP contribution in [0.4, 0.5) is 5.82 Å². The molecule has 3 aromatic carbocycles. The summed E-state index contributed by atoms with van der Waals surface area (Å²) in [6, 6.07) is 21.4. The highest BCUT2D eigenvalue weighted by molar-refractivity contribution is 6.33. The lowest BCUT2D eigenvalue weighted by Crippen LogP contribution is -2.25. The van der Waals surface area contributed by atoms with E-state index in [1.807, 2.05) is 31.2 Å². The molecule has 0 spiro atoms. The SMILES string of the molecule is COc1ccc(C(=O)Nc2c(-c3ccccc3Cl)c(=O)c(C)nn2-c2ccc(C)cc2)cc1. The third-order valence-corrected chi connectivity index (χ3v) is 5.59. The summed E-state index contributed by atoms with van der Waals surface area (Å²) in [5.74, 6) is 0.483. The van der Waals surface area contributed by atoms with Crippen molar-refractivity contribution in [2.45, 2.75) is 13.8 Å². The molecule has 0 atom stereocenters. The van der Waals surface area contributed by atoms with Crippen molar-refractivity contribution >= 4 is 23.3 Å². The van der Waals surface area contributed by atoms with Gasteiger partial charge >= 0.3 is 0 Å². The van der Waals surface area contributed by atoms with Crippen LogP contribution < -0.4 is 15.5 Å². The molecule has 0 saturated carbocycles. The number of aryl methyl sites for hydroxylation is 2. The molecular weight excluding hydrogens is 438 g/mol. The summed E-state index contributed by atoms with van der Waals surface area (Å²) in [5, 5.41) is 7.79. The number of nitrogens with one attached hydrogen (secondary N) is 1. The van der Waals surface area contributed by atoms with E-state index < -0.39 is 5.91 Å². The Morgan fingerprint density at radius 2 is 1.64 bits per heavy atom. The van der Waals surface area contributed by atoms with Gasteiger partial charge in [-0.2, -0.15) is 5.10 Å². The van der Waals surface area contributed by atoms with Crippen LogP contribution in [-0.2, 0) is 0 Å². The third-order valence-electron chi connectivity index (χ3n) is 5.26. The summed E-state index contributed by atoms with van der Waals surface area (Å²) in [5.41, 5.74) is 2.94. The zero-order chi connectivity index (χ0) is 23.5. The third kappa shape index (κ3) is 4.52. The van der Waals surface area contributed by atoms with Crippen LogP contribution in [0.2, 0.25) is 5.02 Å². The number of anilines is 1. The average Bonchev–Trinajstić information content (AvgIpc) is 2.83. The second kappa shape index (κ2) is 9.30. The normalized spacial score (nSPS) is 10.7. The van der Waals surface area contributed by atoms with Crippen molar-refractivity contribution in [2.75, 3.05) is 12.4 Å². The Morgan fingerprint density at radius 1 is 0.970 bits per heavy atom. The zero-order valence-electron chi connectivity index (χ0n) is 18.4. The number of hydrogen-bond acceptors (Lipinski definition) is 4. The van der Waals surface area contributed by atoms with Crippen molar-refractivity contribution in [1.82, 2.24) is 9.78 Å². The number of ether oxygens (including phenoxy) is 1. The number of carbonyl (C=O) groups excluding carboxylic acids is 1. The number of nitrogens with zero attached hydrogens (tertiary/aromatic N) is 2. The number of methoxy groups -OCH3 is 1. The summed E-state index contributed by atoms with van der Waals surface area (Å²) >= 11 is 6.47. The summed E-state index contributed by atoms with van der Waals surface area (Å²) < 4.78 is 6.74. The number of halogens is 1. The molecule has 1 amide bonds. The first kappa shape index (κ1) is 22.3. The molecule has 0 fully saturated rings. The zero-order valence-corrected chi connectivity index (χ0v) is 19.2. The van der Waals surface area contributed by atoms with Crippen molar-refractivity contribution in [3.8, 4) is 22.6 Å². The second-order valence-electron chi connectivity index (χ2n) is 7.55. The van der Waals surface area contributed by atoms with E-state index in [1.54, 1.807) is 67.2 Å². The topological polar surface area (TPSA) is 73.2 Å². The molecule has 0 unspecified atom stereocenters. The van der Waals surface area contributed by atoms with Gasteiger partial charge in [0.05, 0.1) is 18.4 Å². The minimum absolute atomic E-state index is 0.239. The predicted octanol–water partition coefficient (Wildman–Crippen LogP) is 5.43. The Labute approximate surface area is 196 Å². The number of carbonyl (C=O) groups is 1. The van der Waals surface area contributed by atoms with Crippen molar-refractivity contribution in [1.29, 1.82) is 0 Å². The van der Waals surface area contributed by atoms with E-state index >= 15 is 0 Å². The van der Waals surface area contributed by atoms with Crippen LogP contribution in [0.3, 0.4) is 0 Å². The predicted molar refractivity (Wildman–Crippen MR) is 131 cm³/mol. The van der Waals surface area contributed by atoms with Gasteiger partial charge in [0.2, 0.25) is 5.43 Å². The van der Waals surface area contributed by atoms with Gasteiger partial charge in [-0.25, -0.2) is 4.68 Å². The molecule has 0 radical (unpaired) electrons. The minimum Gasteiger partial charge on any atom is -0.497 e. The lowest BCUT2D eigenvalue weighted by atomic mass is 10.0. The van der Waals surface area contributed by atoms with Gasteiger partial charge in [-0.1, -0.05) is 47.5 Å². The summed E-state index contributed by atoms with van der Waals surface area (Å²) in [4.78, 5) is 26.5. The Balaban J connectivity index is 1.94. The molecule has 7 heteroatoms. The van der Waals surface area contributed by atoms with E-state index in [4.69, 9.17) is 16.3 Å². The Bertz CT molecular complexity index is 1380. The highest BCUT2D eigenvalue weighted by Gasteiger charge is 2.22. The van der Waals surface area contributed by atoms with Crippen LogP contribution in [0, 0.1) is 13.8 Å². The molecule has 1 N–H and O–H groups in total. The number of rotatable bonds is 5. The number of amides is 1. The van der Waals surface area contributed by atoms with E-state index in [-0.39, 0.29) is 22.5 Å². The standard InChI is InChI=1S/C26H22ClN3O3/c1-16-8-12-19(13-9-16)30-25(28-26(32)18-10-14-20(33-3)15-11-18)23(24(31)17(2)29-30)21-6-4-5-7-22(21)27/h4-15H,1-3H3,(H,28,32). The minimum atomic E-state index is -0.392. The maximum absolute atomic E-state index is 13.3. The lowest BCUT2D eigenvalue weighted by Gasteiger charge is -2.19. The fraction of sp³-hybridized carbons (Fsp3) is 0.115. The van der Waals surface area contributed by atoms with E-state index in [9.17, 15) is 9.59 Å². The largest absolute Gasteiger partial charge is 0.497 e. The average molecular weight is 460 g/mol. The van der Waals surface area contributed by atoms with Crippen LogP contribution in [-0.4, -0.2) is 22.8 Å². The van der Waals surface area contributed by atoms with Gasteiger partial charge in [-0.3, -0.25) is 9.59 Å². The number of hydrogen-bond donors (Lipinski definition) is 1. The van der Waals surface area contributed by atoms with Crippen LogP contribution in [0.15, 0.2) is 77.6 Å². The molecule has 33 heavy (non-hydrogen) atoms. The molecule has 0 saturated heterocycles. The van der Waals surface area contributed by atoms with Crippen LogP contribution in [0.5, 0.6) is 5.75 Å². The van der Waals surface area contributed by atoms with Crippen molar-refractivity contribution in [2.24, 2.45) is 0 Å². The molecule has 1 heterocycles. The summed E-state index contributed by atoms with van der Waals surface area (Å²) in [6.45, 7) is 3.62. The van der Waals surface area contributed by atoms with E-state index in [0.29, 0.717) is 27.6 Å². The maximum atomic E-state index is 13.3. The Morgan fingerprint density at radius 3 is 2.27 bits per heavy atom. The van der Waals surface area contributed by atoms with Crippen molar-refractivity contribution < 1.29 is 9.53 Å². The smallest absolute Gasteiger partial charge is 0.256 e. The summed E-state index contributed by atoms with van der Waals surface area (Å²) in [7, 11) is 1.56. The fourth-order valence-corrected chi connectivity index (χ4v) is 3.69. The number of aromatic nitrogens is 2. The Hall–Kier alpha value is -3.90. The summed E-state index contributed by atoms with van der Waals surface area (Å²) in [6.07, 6.45) is 0. The Kier molecular flexibility index (Phi) is 6.29. The first-order valence-electron chi connectivity index (χ1n) is 10.3. The first-order valence-corrected chi connectivity index (χ1v) is 10.7. The van der Waals surface area contributed by atoms with Gasteiger partial charge < -0.3 is 10.1 Å². The van der Waals surface area contributed by atoms with Gasteiger partial charge in [0.1, 0.15) is 17.3 Å². The van der Waals surface area contributed by atoms with Gasteiger partial charge in [0, 0.05) is 16.1 Å². The fourth-order valence-electron chi connectivity index (χ4n) is 3.46. The van der Waals surface area contributed by atoms with Gasteiger partial charge in [-0.05, 0) is 56.3 Å². The monoisotopic (exact) mass is 459 g/mol. The van der Waals surface area contributed by atoms with Crippen molar-refractivity contribution in [3.05, 3.63) is 105 Å². The molecule has 4 aromatic rings. The molecule has 0 aliphatic heterocycles. The molecule has 1 aromatic heterocycles. The van der Waals surface area contributed by atoms with E-state index in [1.165, 1.54) is 0 Å². The van der Waals surface area contributed by atoms with E-state index in [2.05, 4.69) is 10.4 Å². The molecular formula is C26H22ClN3O3. The highest BCUT2D eigenvalue weighted by Crippen LogP contribution is 2.32. The van der Waals surface area contributed by atoms with Crippen LogP contribution in [0.25, 0.3) is 16.8 Å². The molecule has 0 bridgehead atoms. The maximum Gasteiger partial charge on any atom is 0.256 e. The van der Waals surface area contributed by atoms with E-state index in [0.717, 1.165) is 5.56 Å². The van der Waals surface area contributed by atoms with Gasteiger partial charge in [-0.15, -0.1) is 0 Å². The molecule has 4 rings (SSSR count). The quantitative estimate of drug-likeness (QED) is 0.432. The van der Waals surface area contributed by atoms with Crippen LogP contribution >= 0.6 is 11.6 Å². The van der Waals surface area contributed by atoms with Gasteiger partial charge in [0.15, 0.2) is 0 Å². The molecule has 0 aliphatic carbocycles. The van der Waals surface area contributed by atoms with Crippen LogP contribution in [0.1, 0.15) is 21.6 Å². The van der Waals surface area contributed by atoms with Gasteiger partial charge in [0.25, 0.3) is 5.91 Å².